The molecular formula is C12H14F2O2. The third-order valence-electron chi connectivity index (χ3n) is 2.95. The lowest BCUT2D eigenvalue weighted by atomic mass is 9.91. The number of aliphatic hydroxyl groups is 1. The van der Waals surface area contributed by atoms with E-state index < -0.39 is 17.7 Å². The highest BCUT2D eigenvalue weighted by Crippen LogP contribution is 2.22. The SMILES string of the molecule is OC1CCOCC1Cc1cccc(F)c1F. The number of benzene rings is 1. The van der Waals surface area contributed by atoms with E-state index in [0.29, 0.717) is 31.6 Å². The van der Waals surface area contributed by atoms with Gasteiger partial charge in [-0.1, -0.05) is 12.1 Å². The number of hydrogen-bond donors (Lipinski definition) is 1. The van der Waals surface area contributed by atoms with E-state index in [1.165, 1.54) is 6.07 Å². The first-order valence-electron chi connectivity index (χ1n) is 5.37. The molecule has 2 rings (SSSR count). The van der Waals surface area contributed by atoms with E-state index in [-0.39, 0.29) is 5.92 Å². The Labute approximate surface area is 92.9 Å². The Balaban J connectivity index is 2.10. The van der Waals surface area contributed by atoms with Crippen molar-refractivity contribution in [1.82, 2.24) is 0 Å². The van der Waals surface area contributed by atoms with E-state index in [1.54, 1.807) is 6.07 Å². The molecule has 1 aliphatic heterocycles. The van der Waals surface area contributed by atoms with Gasteiger partial charge in [-0.05, 0) is 24.5 Å². The summed E-state index contributed by atoms with van der Waals surface area (Å²) in [6.45, 7) is 0.931. The minimum atomic E-state index is -0.844. The summed E-state index contributed by atoms with van der Waals surface area (Å²) in [5.74, 6) is -1.81. The molecule has 4 heteroatoms. The van der Waals surface area contributed by atoms with Crippen LogP contribution < -0.4 is 0 Å². The lowest BCUT2D eigenvalue weighted by Crippen LogP contribution is -2.33. The molecule has 1 fully saturated rings. The molecule has 0 saturated carbocycles. The highest BCUT2D eigenvalue weighted by molar-refractivity contribution is 5.19. The lowest BCUT2D eigenvalue weighted by molar-refractivity contribution is -0.0353. The summed E-state index contributed by atoms with van der Waals surface area (Å²) in [5.41, 5.74) is 0.301. The van der Waals surface area contributed by atoms with Crippen LogP contribution in [0.15, 0.2) is 18.2 Å². The van der Waals surface area contributed by atoms with Gasteiger partial charge in [0.25, 0.3) is 0 Å². The van der Waals surface area contributed by atoms with Crippen LogP contribution in [0.1, 0.15) is 12.0 Å². The molecule has 0 amide bonds. The first-order chi connectivity index (χ1) is 7.68. The molecule has 1 saturated heterocycles. The van der Waals surface area contributed by atoms with Crippen LogP contribution in [-0.2, 0) is 11.2 Å². The van der Waals surface area contributed by atoms with Crippen molar-refractivity contribution in [2.75, 3.05) is 13.2 Å². The molecule has 1 N–H and O–H groups in total. The van der Waals surface area contributed by atoms with Crippen LogP contribution >= 0.6 is 0 Å². The second-order valence-electron chi connectivity index (χ2n) is 4.11. The molecule has 1 aromatic carbocycles. The van der Waals surface area contributed by atoms with Crippen molar-refractivity contribution >= 4 is 0 Å². The summed E-state index contributed by atoms with van der Waals surface area (Å²) in [6, 6.07) is 4.11. The monoisotopic (exact) mass is 228 g/mol. The molecular weight excluding hydrogens is 214 g/mol. The van der Waals surface area contributed by atoms with E-state index in [0.717, 1.165) is 6.07 Å². The van der Waals surface area contributed by atoms with E-state index in [1.807, 2.05) is 0 Å². The van der Waals surface area contributed by atoms with Crippen LogP contribution in [0, 0.1) is 17.6 Å². The van der Waals surface area contributed by atoms with Gasteiger partial charge in [0, 0.05) is 12.5 Å². The molecule has 2 unspecified atom stereocenters. The van der Waals surface area contributed by atoms with Crippen LogP contribution in [0.4, 0.5) is 8.78 Å². The third-order valence-corrected chi connectivity index (χ3v) is 2.95. The van der Waals surface area contributed by atoms with Crippen molar-refractivity contribution in [1.29, 1.82) is 0 Å². The fraction of sp³-hybridized carbons (Fsp3) is 0.500. The first kappa shape index (κ1) is 11.5. The Kier molecular flexibility index (Phi) is 3.51. The zero-order valence-electron chi connectivity index (χ0n) is 8.83. The van der Waals surface area contributed by atoms with Gasteiger partial charge in [0.05, 0.1) is 12.7 Å². The molecule has 1 aliphatic rings. The zero-order valence-corrected chi connectivity index (χ0v) is 8.83. The standard InChI is InChI=1S/C12H14F2O2/c13-10-3-1-2-8(12(10)14)6-9-7-16-5-4-11(9)15/h1-3,9,11,15H,4-7H2. The molecule has 1 heterocycles. The molecule has 0 aliphatic carbocycles. The fourth-order valence-electron chi connectivity index (χ4n) is 1.97. The van der Waals surface area contributed by atoms with Gasteiger partial charge in [-0.25, -0.2) is 8.78 Å². The minimum absolute atomic E-state index is 0.148. The van der Waals surface area contributed by atoms with Crippen molar-refractivity contribution in [2.24, 2.45) is 5.92 Å². The highest BCUT2D eigenvalue weighted by Gasteiger charge is 2.25. The summed E-state index contributed by atoms with van der Waals surface area (Å²) in [7, 11) is 0. The zero-order chi connectivity index (χ0) is 11.5. The second kappa shape index (κ2) is 4.89. The summed E-state index contributed by atoms with van der Waals surface area (Å²) >= 11 is 0. The molecule has 0 radical (unpaired) electrons. The molecule has 16 heavy (non-hydrogen) atoms. The normalized spacial score (nSPS) is 25.7. The Hall–Kier alpha value is -1.00. The number of hydrogen-bond acceptors (Lipinski definition) is 2. The predicted octanol–water partition coefficient (Wildman–Crippen LogP) is 1.90. The Morgan fingerprint density at radius 2 is 2.19 bits per heavy atom. The Morgan fingerprint density at radius 3 is 2.94 bits per heavy atom. The van der Waals surface area contributed by atoms with Crippen molar-refractivity contribution in [3.05, 3.63) is 35.4 Å². The van der Waals surface area contributed by atoms with Crippen LogP contribution in [0.2, 0.25) is 0 Å². The summed E-state index contributed by atoms with van der Waals surface area (Å²) in [5, 5.41) is 9.69. The van der Waals surface area contributed by atoms with Crippen LogP contribution in [0.25, 0.3) is 0 Å². The highest BCUT2D eigenvalue weighted by atomic mass is 19.2. The minimum Gasteiger partial charge on any atom is -0.393 e. The Bertz CT molecular complexity index is 368. The second-order valence-corrected chi connectivity index (χ2v) is 4.11. The maximum Gasteiger partial charge on any atom is 0.162 e. The summed E-state index contributed by atoms with van der Waals surface area (Å²) in [4.78, 5) is 0. The predicted molar refractivity (Wildman–Crippen MR) is 55.0 cm³/mol. The molecule has 2 nitrogen and oxygen atoms in total. The van der Waals surface area contributed by atoms with Crippen molar-refractivity contribution in [3.8, 4) is 0 Å². The van der Waals surface area contributed by atoms with E-state index in [4.69, 9.17) is 4.74 Å². The maximum absolute atomic E-state index is 13.4. The van der Waals surface area contributed by atoms with E-state index in [2.05, 4.69) is 0 Å². The average Bonchev–Trinajstić information content (AvgIpc) is 2.28. The van der Waals surface area contributed by atoms with Crippen LogP contribution in [0.5, 0.6) is 0 Å². The molecule has 88 valence electrons. The van der Waals surface area contributed by atoms with Gasteiger partial charge in [0.15, 0.2) is 11.6 Å². The van der Waals surface area contributed by atoms with E-state index >= 15 is 0 Å². The lowest BCUT2D eigenvalue weighted by Gasteiger charge is -2.27. The van der Waals surface area contributed by atoms with Gasteiger partial charge >= 0.3 is 0 Å². The Morgan fingerprint density at radius 1 is 1.38 bits per heavy atom. The van der Waals surface area contributed by atoms with Gasteiger partial charge in [0.2, 0.25) is 0 Å². The van der Waals surface area contributed by atoms with Gasteiger partial charge in [-0.2, -0.15) is 0 Å². The van der Waals surface area contributed by atoms with Crippen molar-refractivity contribution in [3.63, 3.8) is 0 Å². The van der Waals surface area contributed by atoms with Crippen molar-refractivity contribution < 1.29 is 18.6 Å². The summed E-state index contributed by atoms with van der Waals surface area (Å²) in [6.07, 6.45) is 0.378. The smallest absolute Gasteiger partial charge is 0.162 e. The molecule has 2 atom stereocenters. The summed E-state index contributed by atoms with van der Waals surface area (Å²) < 4.78 is 31.6. The van der Waals surface area contributed by atoms with Gasteiger partial charge < -0.3 is 9.84 Å². The molecule has 0 spiro atoms. The van der Waals surface area contributed by atoms with Gasteiger partial charge in [-0.3, -0.25) is 0 Å². The fourth-order valence-corrected chi connectivity index (χ4v) is 1.97. The average molecular weight is 228 g/mol. The van der Waals surface area contributed by atoms with Crippen molar-refractivity contribution in [2.45, 2.75) is 18.9 Å². The number of halogens is 2. The largest absolute Gasteiger partial charge is 0.393 e. The van der Waals surface area contributed by atoms with Gasteiger partial charge in [0.1, 0.15) is 0 Å². The molecule has 0 bridgehead atoms. The van der Waals surface area contributed by atoms with Crippen LogP contribution in [-0.4, -0.2) is 24.4 Å². The molecule has 0 aromatic heterocycles. The first-order valence-corrected chi connectivity index (χ1v) is 5.37. The van der Waals surface area contributed by atoms with Gasteiger partial charge in [-0.15, -0.1) is 0 Å². The number of aliphatic hydroxyl groups excluding tert-OH is 1. The topological polar surface area (TPSA) is 29.5 Å². The quantitative estimate of drug-likeness (QED) is 0.837. The van der Waals surface area contributed by atoms with E-state index in [9.17, 15) is 13.9 Å². The molecule has 1 aromatic rings. The maximum atomic E-state index is 13.4. The number of ether oxygens (including phenoxy) is 1. The van der Waals surface area contributed by atoms with Crippen LogP contribution in [0.3, 0.4) is 0 Å². The number of rotatable bonds is 2. The third kappa shape index (κ3) is 2.39.